The van der Waals surface area contributed by atoms with Gasteiger partial charge in [0.2, 0.25) is 11.8 Å². The Hall–Kier alpha value is -2.15. The number of nitrogens with zero attached hydrogens (tertiary/aromatic N) is 1. The van der Waals surface area contributed by atoms with E-state index in [2.05, 4.69) is 15.6 Å². The van der Waals surface area contributed by atoms with Crippen LogP contribution in [0.5, 0.6) is 5.75 Å². The summed E-state index contributed by atoms with van der Waals surface area (Å²) < 4.78 is 6.36. The molecule has 0 bridgehead atoms. The Morgan fingerprint density at radius 2 is 2.19 bits per heavy atom. The van der Waals surface area contributed by atoms with E-state index in [9.17, 15) is 9.59 Å². The maximum Gasteiger partial charge on any atom is 0.248 e. The van der Waals surface area contributed by atoms with Crippen LogP contribution in [-0.2, 0) is 9.59 Å². The standard InChI is InChI=1S/C14H17N3O3S/c1-4-20-10-5-6-11-12(7-10)21-14(16-11)17-13(19)8(2)15-9(3)18/h5-8H,4H2,1-3H3,(H,15,18)(H,16,17,19). The number of hydrogen-bond acceptors (Lipinski definition) is 5. The molecule has 0 fully saturated rings. The Morgan fingerprint density at radius 3 is 2.86 bits per heavy atom. The molecule has 0 radical (unpaired) electrons. The highest BCUT2D eigenvalue weighted by atomic mass is 32.1. The highest BCUT2D eigenvalue weighted by molar-refractivity contribution is 7.22. The van der Waals surface area contributed by atoms with Crippen molar-refractivity contribution in [2.75, 3.05) is 11.9 Å². The second-order valence-corrected chi connectivity index (χ2v) is 5.52. The van der Waals surface area contributed by atoms with Crippen LogP contribution in [0.3, 0.4) is 0 Å². The number of fused-ring (bicyclic) bond motifs is 1. The minimum Gasteiger partial charge on any atom is -0.494 e. The molecular formula is C14H17N3O3S. The van der Waals surface area contributed by atoms with Gasteiger partial charge in [-0.05, 0) is 32.0 Å². The number of thiazole rings is 1. The first-order valence-corrected chi connectivity index (χ1v) is 7.42. The number of aromatic nitrogens is 1. The molecule has 2 aromatic rings. The summed E-state index contributed by atoms with van der Waals surface area (Å²) >= 11 is 1.37. The second kappa shape index (κ2) is 6.53. The first-order valence-electron chi connectivity index (χ1n) is 6.61. The third-order valence-corrected chi connectivity index (χ3v) is 3.65. The Morgan fingerprint density at radius 1 is 1.43 bits per heavy atom. The average molecular weight is 307 g/mol. The molecule has 0 aliphatic heterocycles. The quantitative estimate of drug-likeness (QED) is 0.887. The lowest BCUT2D eigenvalue weighted by Gasteiger charge is -2.10. The summed E-state index contributed by atoms with van der Waals surface area (Å²) in [6.07, 6.45) is 0. The van der Waals surface area contributed by atoms with Crippen LogP contribution in [0.25, 0.3) is 10.2 Å². The lowest BCUT2D eigenvalue weighted by atomic mass is 10.3. The zero-order valence-electron chi connectivity index (χ0n) is 12.1. The number of rotatable bonds is 5. The molecule has 7 heteroatoms. The van der Waals surface area contributed by atoms with Crippen LogP contribution in [0.15, 0.2) is 18.2 Å². The van der Waals surface area contributed by atoms with Crippen molar-refractivity contribution in [3.63, 3.8) is 0 Å². The zero-order valence-corrected chi connectivity index (χ0v) is 12.9. The lowest BCUT2D eigenvalue weighted by molar-refractivity contribution is -0.124. The van der Waals surface area contributed by atoms with E-state index in [1.165, 1.54) is 18.3 Å². The fourth-order valence-electron chi connectivity index (χ4n) is 1.80. The first kappa shape index (κ1) is 15.2. The number of carbonyl (C=O) groups excluding carboxylic acids is 2. The van der Waals surface area contributed by atoms with Gasteiger partial charge < -0.3 is 15.4 Å². The summed E-state index contributed by atoms with van der Waals surface area (Å²) in [6.45, 7) is 5.52. The highest BCUT2D eigenvalue weighted by Crippen LogP contribution is 2.29. The third-order valence-electron chi connectivity index (χ3n) is 2.71. The van der Waals surface area contributed by atoms with Crippen molar-refractivity contribution in [2.45, 2.75) is 26.8 Å². The number of benzene rings is 1. The van der Waals surface area contributed by atoms with Gasteiger partial charge >= 0.3 is 0 Å². The molecule has 1 heterocycles. The summed E-state index contributed by atoms with van der Waals surface area (Å²) in [5, 5.41) is 5.73. The third kappa shape index (κ3) is 3.91. The molecule has 1 aromatic carbocycles. The molecule has 1 atom stereocenters. The smallest absolute Gasteiger partial charge is 0.248 e. The molecule has 0 saturated heterocycles. The van der Waals surface area contributed by atoms with Gasteiger partial charge in [0.1, 0.15) is 11.8 Å². The number of amides is 2. The van der Waals surface area contributed by atoms with Gasteiger partial charge in [-0.2, -0.15) is 0 Å². The Kier molecular flexibility index (Phi) is 4.74. The predicted octanol–water partition coefficient (Wildman–Crippen LogP) is 2.16. The van der Waals surface area contributed by atoms with E-state index in [0.29, 0.717) is 11.7 Å². The van der Waals surface area contributed by atoms with E-state index in [1.807, 2.05) is 25.1 Å². The molecule has 0 aliphatic rings. The first-order chi connectivity index (χ1) is 9.99. The monoisotopic (exact) mass is 307 g/mol. The Labute approximate surface area is 126 Å². The van der Waals surface area contributed by atoms with Gasteiger partial charge in [0, 0.05) is 6.92 Å². The van der Waals surface area contributed by atoms with Gasteiger partial charge in [-0.15, -0.1) is 0 Å². The van der Waals surface area contributed by atoms with Gasteiger partial charge in [-0.25, -0.2) is 4.98 Å². The predicted molar refractivity (Wildman–Crippen MR) is 82.7 cm³/mol. The maximum absolute atomic E-state index is 11.9. The summed E-state index contributed by atoms with van der Waals surface area (Å²) in [5.41, 5.74) is 0.797. The van der Waals surface area contributed by atoms with Crippen molar-refractivity contribution in [1.29, 1.82) is 0 Å². The van der Waals surface area contributed by atoms with Crippen molar-refractivity contribution in [1.82, 2.24) is 10.3 Å². The van der Waals surface area contributed by atoms with Crippen molar-refractivity contribution in [3.05, 3.63) is 18.2 Å². The number of nitrogens with one attached hydrogen (secondary N) is 2. The normalized spacial score (nSPS) is 12.0. The van der Waals surface area contributed by atoms with Crippen molar-refractivity contribution < 1.29 is 14.3 Å². The van der Waals surface area contributed by atoms with Crippen molar-refractivity contribution in [3.8, 4) is 5.75 Å². The van der Waals surface area contributed by atoms with Gasteiger partial charge in [0.15, 0.2) is 5.13 Å². The summed E-state index contributed by atoms with van der Waals surface area (Å²) in [6, 6.07) is 4.98. The highest BCUT2D eigenvalue weighted by Gasteiger charge is 2.15. The molecule has 0 aliphatic carbocycles. The van der Waals surface area contributed by atoms with Crippen molar-refractivity contribution >= 4 is 38.5 Å². The molecule has 2 N–H and O–H groups in total. The van der Waals surface area contributed by atoms with Gasteiger partial charge in [0.05, 0.1) is 16.8 Å². The van der Waals surface area contributed by atoms with Crippen LogP contribution in [0.1, 0.15) is 20.8 Å². The SMILES string of the molecule is CCOc1ccc2nc(NC(=O)C(C)NC(C)=O)sc2c1. The van der Waals surface area contributed by atoms with Crippen LogP contribution in [0.4, 0.5) is 5.13 Å². The van der Waals surface area contributed by atoms with E-state index in [1.54, 1.807) is 6.92 Å². The number of carbonyl (C=O) groups is 2. The van der Waals surface area contributed by atoms with Crippen LogP contribution in [0, 0.1) is 0 Å². The van der Waals surface area contributed by atoms with E-state index < -0.39 is 6.04 Å². The van der Waals surface area contributed by atoms with Gasteiger partial charge in [-0.1, -0.05) is 11.3 Å². The number of hydrogen-bond donors (Lipinski definition) is 2. The minimum atomic E-state index is -0.603. The van der Waals surface area contributed by atoms with E-state index in [0.717, 1.165) is 16.0 Å². The van der Waals surface area contributed by atoms with Crippen molar-refractivity contribution in [2.24, 2.45) is 0 Å². The fraction of sp³-hybridized carbons (Fsp3) is 0.357. The van der Waals surface area contributed by atoms with E-state index in [-0.39, 0.29) is 11.8 Å². The number of ether oxygens (including phenoxy) is 1. The van der Waals surface area contributed by atoms with Crippen LogP contribution >= 0.6 is 11.3 Å². The minimum absolute atomic E-state index is 0.247. The van der Waals surface area contributed by atoms with Crippen LogP contribution in [0.2, 0.25) is 0 Å². The average Bonchev–Trinajstić information content (AvgIpc) is 2.79. The molecule has 1 unspecified atom stereocenters. The number of anilines is 1. The molecule has 2 amide bonds. The fourth-order valence-corrected chi connectivity index (χ4v) is 2.70. The Balaban J connectivity index is 2.12. The molecule has 1 aromatic heterocycles. The zero-order chi connectivity index (χ0) is 15.4. The summed E-state index contributed by atoms with van der Waals surface area (Å²) in [5.74, 6) is 0.232. The summed E-state index contributed by atoms with van der Waals surface area (Å²) in [7, 11) is 0. The van der Waals surface area contributed by atoms with Crippen LogP contribution < -0.4 is 15.4 Å². The molecule has 21 heavy (non-hydrogen) atoms. The van der Waals surface area contributed by atoms with Crippen LogP contribution in [-0.4, -0.2) is 29.4 Å². The lowest BCUT2D eigenvalue weighted by Crippen LogP contribution is -2.40. The van der Waals surface area contributed by atoms with E-state index in [4.69, 9.17) is 4.74 Å². The van der Waals surface area contributed by atoms with Gasteiger partial charge in [0.25, 0.3) is 0 Å². The largest absolute Gasteiger partial charge is 0.494 e. The molecule has 2 rings (SSSR count). The molecule has 0 spiro atoms. The topological polar surface area (TPSA) is 80.3 Å². The molecular weight excluding hydrogens is 290 g/mol. The maximum atomic E-state index is 11.9. The molecule has 6 nitrogen and oxygen atoms in total. The molecule has 0 saturated carbocycles. The van der Waals surface area contributed by atoms with Gasteiger partial charge in [-0.3, -0.25) is 9.59 Å². The second-order valence-electron chi connectivity index (χ2n) is 4.49. The summed E-state index contributed by atoms with van der Waals surface area (Å²) in [4.78, 5) is 27.2. The Bertz CT molecular complexity index is 669. The van der Waals surface area contributed by atoms with E-state index >= 15 is 0 Å². The molecule has 112 valence electrons.